The number of likely N-dealkylation sites (tertiary alicyclic amines) is 2. The maximum absolute atomic E-state index is 13.2. The molecule has 0 saturated carbocycles. The van der Waals surface area contributed by atoms with Gasteiger partial charge in [-0.2, -0.15) is 0 Å². The SMILES string of the molecule is Cc1c(OC2CCN(CC3CCN([C@@H](Cc4ccc(F)cc4)C(=O)O)CC3)CC2)ccc(Cl)c1Cl.O=C(O)/C=C/C(=O)O. The van der Waals surface area contributed by atoms with E-state index in [4.69, 9.17) is 38.2 Å². The Bertz CT molecular complexity index is 1260. The number of carboxylic acid groups (broad SMARTS) is 3. The lowest BCUT2D eigenvalue weighted by Crippen LogP contribution is -2.48. The third-order valence-corrected chi connectivity index (χ3v) is 8.62. The van der Waals surface area contributed by atoms with E-state index in [9.17, 15) is 23.9 Å². The lowest BCUT2D eigenvalue weighted by Gasteiger charge is -2.39. The Hall–Kier alpha value is -3.18. The second-order valence-electron chi connectivity index (χ2n) is 10.8. The van der Waals surface area contributed by atoms with Gasteiger partial charge in [0.1, 0.15) is 23.7 Å². The molecular formula is C31H37Cl2FN2O7. The number of benzene rings is 2. The van der Waals surface area contributed by atoms with Crippen molar-refractivity contribution in [3.8, 4) is 5.75 Å². The summed E-state index contributed by atoms with van der Waals surface area (Å²) in [7, 11) is 0. The minimum atomic E-state index is -1.26. The molecule has 3 N–H and O–H groups in total. The van der Waals surface area contributed by atoms with Crippen molar-refractivity contribution in [1.29, 1.82) is 0 Å². The van der Waals surface area contributed by atoms with Gasteiger partial charge in [-0.1, -0.05) is 35.3 Å². The third kappa shape index (κ3) is 11.1. The van der Waals surface area contributed by atoms with Crippen LogP contribution in [0.4, 0.5) is 4.39 Å². The van der Waals surface area contributed by atoms with Gasteiger partial charge in [-0.15, -0.1) is 0 Å². The van der Waals surface area contributed by atoms with Crippen LogP contribution in [0.25, 0.3) is 0 Å². The topological polar surface area (TPSA) is 128 Å². The Morgan fingerprint density at radius 2 is 1.51 bits per heavy atom. The van der Waals surface area contributed by atoms with Crippen LogP contribution in [0.2, 0.25) is 10.0 Å². The highest BCUT2D eigenvalue weighted by atomic mass is 35.5. The highest BCUT2D eigenvalue weighted by Crippen LogP contribution is 2.33. The Morgan fingerprint density at radius 1 is 0.930 bits per heavy atom. The number of piperidine rings is 2. The number of carbonyl (C=O) groups is 3. The number of ether oxygens (including phenoxy) is 1. The van der Waals surface area contributed by atoms with Crippen molar-refractivity contribution in [2.75, 3.05) is 32.7 Å². The van der Waals surface area contributed by atoms with Crippen LogP contribution < -0.4 is 4.74 Å². The van der Waals surface area contributed by atoms with Gasteiger partial charge in [-0.05, 0) is 87.9 Å². The first-order valence-corrected chi connectivity index (χ1v) is 14.9. The maximum atomic E-state index is 13.2. The van der Waals surface area contributed by atoms with E-state index < -0.39 is 23.9 Å². The predicted octanol–water partition coefficient (Wildman–Crippen LogP) is 5.40. The molecule has 0 bridgehead atoms. The summed E-state index contributed by atoms with van der Waals surface area (Å²) in [6.07, 6.45) is 5.61. The molecular weight excluding hydrogens is 602 g/mol. The van der Waals surface area contributed by atoms with E-state index in [0.717, 1.165) is 75.3 Å². The summed E-state index contributed by atoms with van der Waals surface area (Å²) < 4.78 is 19.4. The normalized spacial score (nSPS) is 17.7. The van der Waals surface area contributed by atoms with E-state index in [1.165, 1.54) is 12.1 Å². The van der Waals surface area contributed by atoms with Crippen molar-refractivity contribution in [3.63, 3.8) is 0 Å². The molecule has 2 saturated heterocycles. The molecule has 0 spiro atoms. The summed E-state index contributed by atoms with van der Waals surface area (Å²) in [6, 6.07) is 9.23. The van der Waals surface area contributed by atoms with E-state index in [-0.39, 0.29) is 11.9 Å². The molecule has 1 atom stereocenters. The van der Waals surface area contributed by atoms with Crippen LogP contribution in [0.5, 0.6) is 5.75 Å². The standard InChI is InChI=1S/C27H33Cl2FN2O3.C4H4O4/c1-18-25(7-6-23(28)26(18)29)35-22-10-12-31(13-11-22)17-20-8-14-32(15-9-20)24(27(33)34)16-19-2-4-21(30)5-3-19;5-3(6)1-2-4(7)8/h2-7,20,22,24H,8-17H2,1H3,(H,33,34);1-2H,(H,5,6)(H,7,8)/b;2-1+/t24-;/m0./s1. The quantitative estimate of drug-likeness (QED) is 0.293. The molecule has 43 heavy (non-hydrogen) atoms. The molecule has 2 aliphatic heterocycles. The Kier molecular flexibility index (Phi) is 13.3. The zero-order chi connectivity index (χ0) is 31.5. The predicted molar refractivity (Wildman–Crippen MR) is 162 cm³/mol. The third-order valence-electron chi connectivity index (χ3n) is 7.72. The monoisotopic (exact) mass is 638 g/mol. The van der Waals surface area contributed by atoms with Crippen molar-refractivity contribution >= 4 is 41.1 Å². The average Bonchev–Trinajstić information content (AvgIpc) is 2.98. The van der Waals surface area contributed by atoms with Crippen molar-refractivity contribution in [1.82, 2.24) is 9.80 Å². The number of rotatable bonds is 10. The van der Waals surface area contributed by atoms with Gasteiger partial charge >= 0.3 is 17.9 Å². The summed E-state index contributed by atoms with van der Waals surface area (Å²) in [6.45, 7) is 6.51. The van der Waals surface area contributed by atoms with Crippen LogP contribution in [-0.2, 0) is 20.8 Å². The van der Waals surface area contributed by atoms with Gasteiger partial charge in [0.2, 0.25) is 0 Å². The first-order valence-electron chi connectivity index (χ1n) is 14.1. The molecule has 0 aromatic heterocycles. The zero-order valence-corrected chi connectivity index (χ0v) is 25.4. The van der Waals surface area contributed by atoms with Crippen LogP contribution in [0.15, 0.2) is 48.6 Å². The number of hydrogen-bond acceptors (Lipinski definition) is 6. The fraction of sp³-hybridized carbons (Fsp3) is 0.452. The Balaban J connectivity index is 0.000000557. The average molecular weight is 640 g/mol. The lowest BCUT2D eigenvalue weighted by molar-refractivity contribution is -0.144. The molecule has 2 aliphatic rings. The van der Waals surface area contributed by atoms with Gasteiger partial charge in [0.15, 0.2) is 0 Å². The highest BCUT2D eigenvalue weighted by molar-refractivity contribution is 6.42. The van der Waals surface area contributed by atoms with E-state index in [1.807, 2.05) is 13.0 Å². The molecule has 0 amide bonds. The van der Waals surface area contributed by atoms with E-state index in [2.05, 4.69) is 9.80 Å². The molecule has 2 aromatic rings. The zero-order valence-electron chi connectivity index (χ0n) is 23.9. The molecule has 234 valence electrons. The van der Waals surface area contributed by atoms with E-state index in [1.54, 1.807) is 18.2 Å². The number of nitrogens with zero attached hydrogens (tertiary/aromatic N) is 2. The Labute approximate surface area is 260 Å². The number of hydrogen-bond donors (Lipinski definition) is 3. The lowest BCUT2D eigenvalue weighted by atomic mass is 9.93. The highest BCUT2D eigenvalue weighted by Gasteiger charge is 2.31. The van der Waals surface area contributed by atoms with Crippen molar-refractivity contribution in [3.05, 3.63) is 75.5 Å². The maximum Gasteiger partial charge on any atom is 0.328 e. The van der Waals surface area contributed by atoms with Gasteiger partial charge in [0.25, 0.3) is 0 Å². The van der Waals surface area contributed by atoms with Gasteiger partial charge in [-0.25, -0.2) is 14.0 Å². The van der Waals surface area contributed by atoms with Gasteiger partial charge in [-0.3, -0.25) is 9.69 Å². The molecule has 0 unspecified atom stereocenters. The fourth-order valence-electron chi connectivity index (χ4n) is 5.32. The molecule has 4 rings (SSSR count). The first kappa shape index (κ1) is 34.3. The van der Waals surface area contributed by atoms with Crippen molar-refractivity contribution < 1.29 is 38.8 Å². The van der Waals surface area contributed by atoms with Crippen LogP contribution in [0, 0.1) is 18.7 Å². The number of halogens is 3. The van der Waals surface area contributed by atoms with Crippen LogP contribution in [0.1, 0.15) is 36.8 Å². The van der Waals surface area contributed by atoms with Gasteiger partial charge in [0.05, 0.1) is 10.0 Å². The van der Waals surface area contributed by atoms with E-state index in [0.29, 0.717) is 34.5 Å². The molecule has 9 nitrogen and oxygen atoms in total. The van der Waals surface area contributed by atoms with Gasteiger partial charge in [0, 0.05) is 37.3 Å². The molecule has 0 radical (unpaired) electrons. The Morgan fingerprint density at radius 3 is 2.05 bits per heavy atom. The summed E-state index contributed by atoms with van der Waals surface area (Å²) in [5, 5.41) is 26.5. The van der Waals surface area contributed by atoms with Gasteiger partial charge < -0.3 is 25.0 Å². The summed E-state index contributed by atoms with van der Waals surface area (Å²) in [4.78, 5) is 35.6. The van der Waals surface area contributed by atoms with Crippen LogP contribution in [0.3, 0.4) is 0 Å². The summed E-state index contributed by atoms with van der Waals surface area (Å²) in [5.74, 6) is -2.26. The molecule has 0 aliphatic carbocycles. The second-order valence-corrected chi connectivity index (χ2v) is 11.6. The fourth-order valence-corrected chi connectivity index (χ4v) is 5.68. The van der Waals surface area contributed by atoms with Crippen LogP contribution in [-0.4, -0.2) is 87.9 Å². The minimum absolute atomic E-state index is 0.173. The van der Waals surface area contributed by atoms with Crippen molar-refractivity contribution in [2.24, 2.45) is 5.92 Å². The smallest absolute Gasteiger partial charge is 0.328 e. The second kappa shape index (κ2) is 16.6. The van der Waals surface area contributed by atoms with Crippen molar-refractivity contribution in [2.45, 2.75) is 51.2 Å². The molecule has 2 aromatic carbocycles. The van der Waals surface area contributed by atoms with E-state index >= 15 is 0 Å². The molecule has 12 heteroatoms. The first-order chi connectivity index (χ1) is 20.4. The summed E-state index contributed by atoms with van der Waals surface area (Å²) >= 11 is 12.3. The number of carboxylic acids is 3. The molecule has 2 heterocycles. The summed E-state index contributed by atoms with van der Waals surface area (Å²) in [5.41, 5.74) is 1.73. The molecule has 2 fully saturated rings. The minimum Gasteiger partial charge on any atom is -0.490 e. The number of aliphatic carboxylic acids is 3. The largest absolute Gasteiger partial charge is 0.490 e. The van der Waals surface area contributed by atoms with Crippen LogP contribution >= 0.6 is 23.2 Å².